The van der Waals surface area contributed by atoms with Gasteiger partial charge in [-0.05, 0) is 29.8 Å². The van der Waals surface area contributed by atoms with Gasteiger partial charge in [-0.3, -0.25) is 0 Å². The number of hydrogen-bond acceptors (Lipinski definition) is 4. The highest BCUT2D eigenvalue weighted by Crippen LogP contribution is 2.24. The smallest absolute Gasteiger partial charge is 0.185 e. The van der Waals surface area contributed by atoms with Crippen LogP contribution in [-0.2, 0) is 22.1 Å². The average Bonchev–Trinajstić information content (AvgIpc) is 3.06. The molecule has 28 heavy (non-hydrogen) atoms. The van der Waals surface area contributed by atoms with Gasteiger partial charge in [0.1, 0.15) is 11.6 Å². The molecule has 0 radical (unpaired) electrons. The van der Waals surface area contributed by atoms with Gasteiger partial charge in [0, 0.05) is 0 Å². The summed E-state index contributed by atoms with van der Waals surface area (Å²) in [6.07, 6.45) is -0.767. The van der Waals surface area contributed by atoms with E-state index in [0.717, 1.165) is 11.1 Å². The number of sulfone groups is 1. The van der Waals surface area contributed by atoms with Crippen LogP contribution in [0.5, 0.6) is 0 Å². The zero-order chi connectivity index (χ0) is 19.6. The van der Waals surface area contributed by atoms with E-state index in [-0.39, 0.29) is 17.2 Å². The minimum atomic E-state index is -3.55. The molecule has 0 spiro atoms. The lowest BCUT2D eigenvalue weighted by atomic mass is 10.1. The number of aliphatic hydroxyl groups excluding tert-OH is 1. The summed E-state index contributed by atoms with van der Waals surface area (Å²) < 4.78 is 27.5. The second-order valence-corrected chi connectivity index (χ2v) is 8.62. The summed E-state index contributed by atoms with van der Waals surface area (Å²) in [6.45, 7) is 0.226. The van der Waals surface area contributed by atoms with Crippen LogP contribution in [0.1, 0.15) is 17.5 Å². The highest BCUT2D eigenvalue weighted by Gasteiger charge is 2.22. The van der Waals surface area contributed by atoms with E-state index < -0.39 is 15.9 Å². The molecule has 0 saturated heterocycles. The molecular weight excluding hydrogens is 372 g/mol. The monoisotopic (exact) mass is 392 g/mol. The van der Waals surface area contributed by atoms with Gasteiger partial charge < -0.3 is 9.67 Å². The first kappa shape index (κ1) is 18.4. The van der Waals surface area contributed by atoms with Gasteiger partial charge >= 0.3 is 0 Å². The molecule has 1 heterocycles. The van der Waals surface area contributed by atoms with Crippen LogP contribution in [-0.4, -0.2) is 23.1 Å². The third kappa shape index (κ3) is 3.69. The SMILES string of the molecule is O=S(=O)(Cc1nc2ccccc2n1C[C@H](O)c1ccccc1)c1ccccc1. The maximum Gasteiger partial charge on any atom is 0.185 e. The Morgan fingerprint density at radius 1 is 0.857 bits per heavy atom. The lowest BCUT2D eigenvalue weighted by Crippen LogP contribution is -2.15. The van der Waals surface area contributed by atoms with Crippen molar-refractivity contribution in [2.75, 3.05) is 0 Å². The zero-order valence-electron chi connectivity index (χ0n) is 15.1. The summed E-state index contributed by atoms with van der Waals surface area (Å²) in [5, 5.41) is 10.7. The van der Waals surface area contributed by atoms with E-state index >= 15 is 0 Å². The largest absolute Gasteiger partial charge is 0.387 e. The highest BCUT2D eigenvalue weighted by molar-refractivity contribution is 7.90. The van der Waals surface area contributed by atoms with Crippen LogP contribution in [0.15, 0.2) is 89.8 Å². The minimum Gasteiger partial charge on any atom is -0.387 e. The van der Waals surface area contributed by atoms with Crippen LogP contribution in [0.25, 0.3) is 11.0 Å². The summed E-state index contributed by atoms with van der Waals surface area (Å²) in [7, 11) is -3.55. The van der Waals surface area contributed by atoms with Crippen LogP contribution in [0.2, 0.25) is 0 Å². The fraction of sp³-hybridized carbons (Fsp3) is 0.136. The number of rotatable bonds is 6. The van der Waals surface area contributed by atoms with E-state index in [9.17, 15) is 13.5 Å². The topological polar surface area (TPSA) is 72.2 Å². The molecule has 4 rings (SSSR count). The van der Waals surface area contributed by atoms with E-state index in [1.54, 1.807) is 34.9 Å². The molecule has 4 aromatic rings. The second-order valence-electron chi connectivity index (χ2n) is 6.63. The standard InChI is InChI=1S/C22H20N2O3S/c25-21(17-9-3-1-4-10-17)15-24-20-14-8-7-13-19(20)23-22(24)16-28(26,27)18-11-5-2-6-12-18/h1-14,21,25H,15-16H2/t21-/m0/s1. The molecule has 3 aromatic carbocycles. The van der Waals surface area contributed by atoms with Crippen molar-refractivity contribution in [3.63, 3.8) is 0 Å². The van der Waals surface area contributed by atoms with Gasteiger partial charge in [0.15, 0.2) is 9.84 Å². The van der Waals surface area contributed by atoms with Crippen molar-refractivity contribution in [2.24, 2.45) is 0 Å². The van der Waals surface area contributed by atoms with Gasteiger partial charge in [0.25, 0.3) is 0 Å². The van der Waals surface area contributed by atoms with E-state index in [0.29, 0.717) is 11.3 Å². The Hall–Kier alpha value is -2.96. The fourth-order valence-corrected chi connectivity index (χ4v) is 4.57. The molecule has 1 N–H and O–H groups in total. The van der Waals surface area contributed by atoms with Crippen LogP contribution in [0.3, 0.4) is 0 Å². The number of hydrogen-bond donors (Lipinski definition) is 1. The van der Waals surface area contributed by atoms with Crippen molar-refractivity contribution in [1.82, 2.24) is 9.55 Å². The quantitative estimate of drug-likeness (QED) is 0.542. The molecule has 0 unspecified atom stereocenters. The molecule has 0 amide bonds. The summed E-state index contributed by atoms with van der Waals surface area (Å²) in [5.41, 5.74) is 2.29. The molecule has 0 bridgehead atoms. The number of fused-ring (bicyclic) bond motifs is 1. The lowest BCUT2D eigenvalue weighted by molar-refractivity contribution is 0.157. The Kier molecular flexibility index (Phi) is 4.98. The lowest BCUT2D eigenvalue weighted by Gasteiger charge is -2.15. The number of nitrogens with zero attached hydrogens (tertiary/aromatic N) is 2. The van der Waals surface area contributed by atoms with E-state index in [1.165, 1.54) is 0 Å². The Balaban J connectivity index is 1.73. The molecule has 1 aromatic heterocycles. The third-order valence-electron chi connectivity index (χ3n) is 4.69. The zero-order valence-corrected chi connectivity index (χ0v) is 16.0. The van der Waals surface area contributed by atoms with Gasteiger partial charge in [0.2, 0.25) is 0 Å². The Morgan fingerprint density at radius 2 is 1.46 bits per heavy atom. The van der Waals surface area contributed by atoms with E-state index in [4.69, 9.17) is 0 Å². The molecule has 0 saturated carbocycles. The molecule has 0 aliphatic carbocycles. The maximum atomic E-state index is 12.9. The molecule has 0 fully saturated rings. The first-order chi connectivity index (χ1) is 13.5. The summed E-state index contributed by atoms with van der Waals surface area (Å²) in [6, 6.07) is 25.2. The molecule has 1 atom stereocenters. The summed E-state index contributed by atoms with van der Waals surface area (Å²) in [5.74, 6) is 0.188. The van der Waals surface area contributed by atoms with Gasteiger partial charge in [-0.25, -0.2) is 13.4 Å². The van der Waals surface area contributed by atoms with Gasteiger partial charge in [0.05, 0.1) is 28.6 Å². The van der Waals surface area contributed by atoms with Gasteiger partial charge in [-0.15, -0.1) is 0 Å². The van der Waals surface area contributed by atoms with Crippen molar-refractivity contribution in [3.8, 4) is 0 Å². The number of benzene rings is 3. The summed E-state index contributed by atoms with van der Waals surface area (Å²) >= 11 is 0. The molecule has 5 nitrogen and oxygen atoms in total. The van der Waals surface area contributed by atoms with Crippen molar-refractivity contribution < 1.29 is 13.5 Å². The number of imidazole rings is 1. The maximum absolute atomic E-state index is 12.9. The molecule has 0 aliphatic rings. The Labute approximate surface area is 163 Å². The van der Waals surface area contributed by atoms with Gasteiger partial charge in [-0.1, -0.05) is 60.7 Å². The van der Waals surface area contributed by atoms with Crippen molar-refractivity contribution in [3.05, 3.63) is 96.3 Å². The van der Waals surface area contributed by atoms with Crippen molar-refractivity contribution >= 4 is 20.9 Å². The molecule has 142 valence electrons. The van der Waals surface area contributed by atoms with E-state index in [1.807, 2.05) is 54.6 Å². The number of para-hydroxylation sites is 2. The van der Waals surface area contributed by atoms with Crippen molar-refractivity contribution in [2.45, 2.75) is 23.3 Å². The number of aliphatic hydroxyl groups is 1. The predicted octanol–water partition coefficient (Wildman–Crippen LogP) is 3.74. The number of aromatic nitrogens is 2. The average molecular weight is 392 g/mol. The van der Waals surface area contributed by atoms with Crippen LogP contribution < -0.4 is 0 Å². The first-order valence-corrected chi connectivity index (χ1v) is 10.6. The first-order valence-electron chi connectivity index (χ1n) is 8.99. The highest BCUT2D eigenvalue weighted by atomic mass is 32.2. The minimum absolute atomic E-state index is 0.226. The third-order valence-corrected chi connectivity index (χ3v) is 6.32. The fourth-order valence-electron chi connectivity index (χ4n) is 3.27. The van der Waals surface area contributed by atoms with Gasteiger partial charge in [-0.2, -0.15) is 0 Å². The Morgan fingerprint density at radius 3 is 2.18 bits per heavy atom. The van der Waals surface area contributed by atoms with Crippen molar-refractivity contribution in [1.29, 1.82) is 0 Å². The predicted molar refractivity (Wildman–Crippen MR) is 108 cm³/mol. The molecule has 6 heteroatoms. The molecular formula is C22H20N2O3S. The molecule has 0 aliphatic heterocycles. The second kappa shape index (κ2) is 7.58. The van der Waals surface area contributed by atoms with Crippen LogP contribution in [0, 0.1) is 0 Å². The van der Waals surface area contributed by atoms with Crippen LogP contribution in [0.4, 0.5) is 0 Å². The Bertz CT molecular complexity index is 1190. The van der Waals surface area contributed by atoms with E-state index in [2.05, 4.69) is 4.98 Å². The van der Waals surface area contributed by atoms with Crippen LogP contribution >= 0.6 is 0 Å². The summed E-state index contributed by atoms with van der Waals surface area (Å²) in [4.78, 5) is 4.80. The normalized spacial score (nSPS) is 12.9.